The normalized spacial score (nSPS) is 13.6. The maximum Gasteiger partial charge on any atom is 0.416 e. The first kappa shape index (κ1) is 21.2. The molecule has 0 saturated heterocycles. The zero-order valence-electron chi connectivity index (χ0n) is 12.7. The first-order valence-electron chi connectivity index (χ1n) is 6.54. The molecule has 23 heavy (non-hydrogen) atoms. The van der Waals surface area contributed by atoms with Crippen LogP contribution < -0.4 is 16.4 Å². The molecule has 4 N–H and O–H groups in total. The van der Waals surface area contributed by atoms with Crippen LogP contribution in [0.4, 0.5) is 13.2 Å². The number of primary amides is 1. The van der Waals surface area contributed by atoms with Crippen LogP contribution in [0, 0.1) is 0 Å². The molecule has 0 radical (unpaired) electrons. The maximum absolute atomic E-state index is 12.8. The Kier molecular flexibility index (Phi) is 7.53. The number of carbonyl (C=O) groups excluding carboxylic acids is 2. The van der Waals surface area contributed by atoms with Crippen molar-refractivity contribution in [3.05, 3.63) is 35.4 Å². The van der Waals surface area contributed by atoms with Gasteiger partial charge in [-0.05, 0) is 31.7 Å². The highest BCUT2D eigenvalue weighted by Gasteiger charge is 2.37. The molecule has 0 spiro atoms. The molecule has 0 bridgehead atoms. The third-order valence-corrected chi connectivity index (χ3v) is 3.25. The lowest BCUT2D eigenvalue weighted by Gasteiger charge is -2.28. The lowest BCUT2D eigenvalue weighted by Crippen LogP contribution is -2.53. The van der Waals surface area contributed by atoms with E-state index in [4.69, 9.17) is 5.73 Å². The van der Waals surface area contributed by atoms with Crippen molar-refractivity contribution in [1.29, 1.82) is 0 Å². The van der Waals surface area contributed by atoms with Gasteiger partial charge in [-0.2, -0.15) is 13.2 Å². The molecule has 2 amide bonds. The number of carbonyl (C=O) groups is 2. The molecule has 0 aliphatic heterocycles. The van der Waals surface area contributed by atoms with Gasteiger partial charge in [0.15, 0.2) is 0 Å². The highest BCUT2D eigenvalue weighted by atomic mass is 35.5. The number of amides is 2. The fourth-order valence-corrected chi connectivity index (χ4v) is 1.86. The van der Waals surface area contributed by atoms with Crippen molar-refractivity contribution in [1.82, 2.24) is 10.6 Å². The Hall–Kier alpha value is -1.80. The summed E-state index contributed by atoms with van der Waals surface area (Å²) in [6.07, 6.45) is -4.48. The van der Waals surface area contributed by atoms with Gasteiger partial charge in [-0.3, -0.25) is 9.59 Å². The van der Waals surface area contributed by atoms with Gasteiger partial charge in [0.1, 0.15) is 5.54 Å². The second-order valence-electron chi connectivity index (χ2n) is 4.97. The van der Waals surface area contributed by atoms with Crippen LogP contribution in [0.5, 0.6) is 0 Å². The Morgan fingerprint density at radius 1 is 1.22 bits per heavy atom. The molecule has 9 heteroatoms. The second kappa shape index (κ2) is 8.16. The van der Waals surface area contributed by atoms with E-state index in [0.717, 1.165) is 12.1 Å². The Morgan fingerprint density at radius 3 is 2.26 bits per heavy atom. The highest BCUT2D eigenvalue weighted by Crippen LogP contribution is 2.32. The Morgan fingerprint density at radius 2 is 1.78 bits per heavy atom. The summed E-state index contributed by atoms with van der Waals surface area (Å²) in [6.45, 7) is 1.64. The van der Waals surface area contributed by atoms with Crippen LogP contribution in [0.25, 0.3) is 0 Å². The fraction of sp³-hybridized carbons (Fsp3) is 0.429. The largest absolute Gasteiger partial charge is 0.416 e. The van der Waals surface area contributed by atoms with Crippen molar-refractivity contribution in [2.24, 2.45) is 5.73 Å². The molecule has 1 atom stereocenters. The maximum atomic E-state index is 12.8. The van der Waals surface area contributed by atoms with E-state index in [1.165, 1.54) is 19.1 Å². The van der Waals surface area contributed by atoms with Gasteiger partial charge in [-0.1, -0.05) is 12.1 Å². The van der Waals surface area contributed by atoms with Crippen LogP contribution in [0.15, 0.2) is 24.3 Å². The van der Waals surface area contributed by atoms with Gasteiger partial charge < -0.3 is 16.4 Å². The quantitative estimate of drug-likeness (QED) is 0.725. The van der Waals surface area contributed by atoms with Gasteiger partial charge in [-0.25, -0.2) is 0 Å². The molecule has 0 fully saturated rings. The first-order valence-corrected chi connectivity index (χ1v) is 6.54. The van der Waals surface area contributed by atoms with E-state index < -0.39 is 29.1 Å². The number of halogens is 4. The minimum absolute atomic E-state index is 0. The summed E-state index contributed by atoms with van der Waals surface area (Å²) < 4.78 is 38.3. The van der Waals surface area contributed by atoms with Gasteiger partial charge in [0.2, 0.25) is 11.8 Å². The van der Waals surface area contributed by atoms with E-state index in [1.807, 2.05) is 0 Å². The first-order chi connectivity index (χ1) is 10.1. The molecule has 1 unspecified atom stereocenters. The monoisotopic (exact) mass is 353 g/mol. The molecule has 1 aromatic carbocycles. The predicted molar refractivity (Wildman–Crippen MR) is 81.9 cm³/mol. The summed E-state index contributed by atoms with van der Waals surface area (Å²) in [5.74, 6) is -1.43. The number of hydrogen-bond donors (Lipinski definition) is 3. The Balaban J connectivity index is 0.00000484. The van der Waals surface area contributed by atoms with E-state index in [9.17, 15) is 22.8 Å². The van der Waals surface area contributed by atoms with Crippen LogP contribution in [0.1, 0.15) is 24.5 Å². The van der Waals surface area contributed by atoms with E-state index >= 15 is 0 Å². The van der Waals surface area contributed by atoms with Crippen LogP contribution in [-0.2, 0) is 21.3 Å². The van der Waals surface area contributed by atoms with Crippen molar-refractivity contribution in [3.8, 4) is 0 Å². The lowest BCUT2D eigenvalue weighted by molar-refractivity contribution is -0.138. The molecule has 0 aliphatic rings. The summed E-state index contributed by atoms with van der Waals surface area (Å²) in [4.78, 5) is 23.5. The third-order valence-electron chi connectivity index (χ3n) is 3.25. The number of nitrogens with two attached hydrogens (primary N) is 1. The molecular formula is C14H19ClF3N3O2. The zero-order chi connectivity index (χ0) is 17.0. The second-order valence-corrected chi connectivity index (χ2v) is 4.97. The van der Waals surface area contributed by atoms with Crippen molar-refractivity contribution >= 4 is 24.2 Å². The molecule has 1 rings (SSSR count). The number of nitrogens with one attached hydrogen (secondary N) is 2. The summed E-state index contributed by atoms with van der Waals surface area (Å²) in [5.41, 5.74) is 2.64. The molecule has 5 nitrogen and oxygen atoms in total. The van der Waals surface area contributed by atoms with E-state index in [1.54, 1.807) is 7.05 Å². The molecule has 0 heterocycles. The zero-order valence-corrected chi connectivity index (χ0v) is 13.5. The third kappa shape index (κ3) is 5.40. The van der Waals surface area contributed by atoms with Gasteiger partial charge in [0, 0.05) is 13.0 Å². The van der Waals surface area contributed by atoms with Gasteiger partial charge >= 0.3 is 6.18 Å². The molecule has 0 aliphatic carbocycles. The standard InChI is InChI=1S/C14H18F3N3O2.ClH/c1-13(12(18)22,20-11(21)6-7-19-2)9-4-3-5-10(8-9)14(15,16)17;/h3-5,8,19H,6-7H2,1-2H3,(H2,18,22)(H,20,21);1H. The SMILES string of the molecule is CNCCC(=O)NC(C)(C(N)=O)c1cccc(C(F)(F)F)c1.Cl. The van der Waals surface area contributed by atoms with Crippen molar-refractivity contribution in [2.45, 2.75) is 25.1 Å². The van der Waals surface area contributed by atoms with Gasteiger partial charge in [0.05, 0.1) is 5.56 Å². The van der Waals surface area contributed by atoms with Crippen LogP contribution in [0.3, 0.4) is 0 Å². The average Bonchev–Trinajstić information content (AvgIpc) is 2.44. The van der Waals surface area contributed by atoms with E-state index in [0.29, 0.717) is 6.54 Å². The number of rotatable bonds is 6. The van der Waals surface area contributed by atoms with Gasteiger partial charge in [0.25, 0.3) is 0 Å². The fourth-order valence-electron chi connectivity index (χ4n) is 1.86. The Bertz CT molecular complexity index is 566. The van der Waals surface area contributed by atoms with Crippen molar-refractivity contribution in [2.75, 3.05) is 13.6 Å². The predicted octanol–water partition coefficient (Wildman–Crippen LogP) is 1.55. The van der Waals surface area contributed by atoms with Crippen LogP contribution in [0.2, 0.25) is 0 Å². The molecule has 0 aromatic heterocycles. The molecule has 130 valence electrons. The Labute approximate surface area is 138 Å². The molecule has 0 saturated carbocycles. The summed E-state index contributed by atoms with van der Waals surface area (Å²) >= 11 is 0. The molecular weight excluding hydrogens is 335 g/mol. The van der Waals surface area contributed by atoms with Gasteiger partial charge in [-0.15, -0.1) is 12.4 Å². The highest BCUT2D eigenvalue weighted by molar-refractivity contribution is 5.91. The van der Waals surface area contributed by atoms with Crippen LogP contribution in [-0.4, -0.2) is 25.4 Å². The summed E-state index contributed by atoms with van der Waals surface area (Å²) in [6, 6.07) is 4.17. The minimum Gasteiger partial charge on any atom is -0.367 e. The molecule has 1 aromatic rings. The minimum atomic E-state index is -4.55. The topological polar surface area (TPSA) is 84.2 Å². The number of alkyl halides is 3. The van der Waals surface area contributed by atoms with E-state index in [-0.39, 0.29) is 24.4 Å². The average molecular weight is 354 g/mol. The van der Waals surface area contributed by atoms with Crippen molar-refractivity contribution < 1.29 is 22.8 Å². The smallest absolute Gasteiger partial charge is 0.367 e. The summed E-state index contributed by atoms with van der Waals surface area (Å²) in [5, 5.41) is 5.16. The number of hydrogen-bond acceptors (Lipinski definition) is 3. The van der Waals surface area contributed by atoms with Crippen molar-refractivity contribution in [3.63, 3.8) is 0 Å². The lowest BCUT2D eigenvalue weighted by atomic mass is 9.89. The van der Waals surface area contributed by atoms with Crippen LogP contribution >= 0.6 is 12.4 Å². The van der Waals surface area contributed by atoms with E-state index in [2.05, 4.69) is 10.6 Å². The summed E-state index contributed by atoms with van der Waals surface area (Å²) in [7, 11) is 1.65. The number of benzene rings is 1.